The Kier molecular flexibility index (Phi) is 5.37. The van der Waals surface area contributed by atoms with Crippen LogP contribution < -0.4 is 11.1 Å². The van der Waals surface area contributed by atoms with E-state index in [9.17, 15) is 19.3 Å². The van der Waals surface area contributed by atoms with Crippen molar-refractivity contribution in [3.8, 4) is 0 Å². The van der Waals surface area contributed by atoms with Crippen LogP contribution in [0.2, 0.25) is 0 Å². The van der Waals surface area contributed by atoms with Crippen LogP contribution in [0.5, 0.6) is 0 Å². The average molecular weight is 297 g/mol. The van der Waals surface area contributed by atoms with Crippen molar-refractivity contribution in [2.45, 2.75) is 39.2 Å². The number of benzene rings is 1. The summed E-state index contributed by atoms with van der Waals surface area (Å²) in [6, 6.07) is 2.05. The van der Waals surface area contributed by atoms with Crippen molar-refractivity contribution in [1.29, 1.82) is 0 Å². The van der Waals surface area contributed by atoms with Crippen molar-refractivity contribution in [1.82, 2.24) is 5.32 Å². The Morgan fingerprint density at radius 1 is 1.43 bits per heavy atom. The Bertz CT molecular complexity index is 548. The number of nitrogens with zero attached hydrogens (tertiary/aromatic N) is 1. The van der Waals surface area contributed by atoms with E-state index in [1.165, 1.54) is 6.92 Å². The molecular weight excluding hydrogens is 277 g/mol. The van der Waals surface area contributed by atoms with E-state index < -0.39 is 22.2 Å². The van der Waals surface area contributed by atoms with Crippen molar-refractivity contribution < 1.29 is 14.1 Å². The minimum atomic E-state index is -0.753. The van der Waals surface area contributed by atoms with E-state index in [0.717, 1.165) is 12.1 Å². The van der Waals surface area contributed by atoms with E-state index in [2.05, 4.69) is 5.32 Å². The number of non-ortho nitro benzene ring substituents is 1. The average Bonchev–Trinajstić information content (AvgIpc) is 2.47. The van der Waals surface area contributed by atoms with Gasteiger partial charge in [0.2, 0.25) is 0 Å². The molecule has 1 aromatic carbocycles. The summed E-state index contributed by atoms with van der Waals surface area (Å²) in [4.78, 5) is 22.4. The molecule has 1 aromatic rings. The molecule has 0 fully saturated rings. The molecule has 6 nitrogen and oxygen atoms in total. The minimum absolute atomic E-state index is 0.0562. The van der Waals surface area contributed by atoms with Crippen LogP contribution in [0.15, 0.2) is 12.1 Å². The van der Waals surface area contributed by atoms with Crippen LogP contribution in [0.25, 0.3) is 0 Å². The molecule has 0 spiro atoms. The van der Waals surface area contributed by atoms with Gasteiger partial charge < -0.3 is 11.1 Å². The Morgan fingerprint density at radius 2 is 2.00 bits per heavy atom. The largest absolute Gasteiger partial charge is 0.345 e. The summed E-state index contributed by atoms with van der Waals surface area (Å²) in [5, 5.41) is 13.5. The van der Waals surface area contributed by atoms with Gasteiger partial charge in [0.15, 0.2) is 0 Å². The summed E-state index contributed by atoms with van der Waals surface area (Å²) >= 11 is 0. The highest BCUT2D eigenvalue weighted by Crippen LogP contribution is 2.22. The topological polar surface area (TPSA) is 98.3 Å². The first kappa shape index (κ1) is 17.0. The predicted molar refractivity (Wildman–Crippen MR) is 77.6 cm³/mol. The number of aryl methyl sites for hydroxylation is 1. The zero-order valence-electron chi connectivity index (χ0n) is 12.4. The van der Waals surface area contributed by atoms with Crippen LogP contribution in [0.4, 0.5) is 10.1 Å². The number of halogens is 1. The molecule has 0 bridgehead atoms. The standard InChI is InChI=1S/C14H20FN3O3/c1-4-14(5-2,8-16)17-13(19)11-7-10(18(20)21)6-9(3)12(11)15/h6-7H,4-5,8,16H2,1-3H3,(H,17,19). The van der Waals surface area contributed by atoms with E-state index in [-0.39, 0.29) is 23.4 Å². The number of carbonyl (C=O) groups is 1. The fraction of sp³-hybridized carbons (Fsp3) is 0.500. The van der Waals surface area contributed by atoms with Crippen molar-refractivity contribution in [2.24, 2.45) is 5.73 Å². The lowest BCUT2D eigenvalue weighted by Gasteiger charge is -2.31. The summed E-state index contributed by atoms with van der Waals surface area (Å²) in [7, 11) is 0. The molecule has 0 radical (unpaired) electrons. The van der Waals surface area contributed by atoms with Gasteiger partial charge in [-0.3, -0.25) is 14.9 Å². The smallest absolute Gasteiger partial charge is 0.270 e. The molecule has 0 unspecified atom stereocenters. The summed E-state index contributed by atoms with van der Waals surface area (Å²) < 4.78 is 14.1. The molecule has 0 aliphatic rings. The maximum absolute atomic E-state index is 14.1. The van der Waals surface area contributed by atoms with E-state index in [1.54, 1.807) is 0 Å². The zero-order chi connectivity index (χ0) is 16.2. The van der Waals surface area contributed by atoms with Crippen molar-refractivity contribution in [3.63, 3.8) is 0 Å². The Labute approximate surface area is 122 Å². The normalized spacial score (nSPS) is 11.3. The highest BCUT2D eigenvalue weighted by atomic mass is 19.1. The molecule has 0 atom stereocenters. The lowest BCUT2D eigenvalue weighted by atomic mass is 9.92. The van der Waals surface area contributed by atoms with Crippen molar-refractivity contribution in [2.75, 3.05) is 6.54 Å². The van der Waals surface area contributed by atoms with Gasteiger partial charge in [0, 0.05) is 18.7 Å². The maximum Gasteiger partial charge on any atom is 0.270 e. The van der Waals surface area contributed by atoms with Gasteiger partial charge >= 0.3 is 0 Å². The second-order valence-electron chi connectivity index (χ2n) is 5.03. The zero-order valence-corrected chi connectivity index (χ0v) is 12.4. The minimum Gasteiger partial charge on any atom is -0.345 e. The number of nitrogens with two attached hydrogens (primary N) is 1. The van der Waals surface area contributed by atoms with Crippen molar-refractivity contribution >= 4 is 11.6 Å². The Balaban J connectivity index is 3.21. The summed E-state index contributed by atoms with van der Waals surface area (Å²) in [6.07, 6.45) is 1.17. The van der Waals surface area contributed by atoms with E-state index in [4.69, 9.17) is 5.73 Å². The van der Waals surface area contributed by atoms with Crippen LogP contribution in [-0.2, 0) is 0 Å². The molecule has 116 valence electrons. The third kappa shape index (κ3) is 3.55. The first-order valence-corrected chi connectivity index (χ1v) is 6.77. The van der Waals surface area contributed by atoms with Crippen LogP contribution in [-0.4, -0.2) is 22.9 Å². The molecule has 3 N–H and O–H groups in total. The fourth-order valence-electron chi connectivity index (χ4n) is 2.10. The van der Waals surface area contributed by atoms with Gasteiger partial charge in [0.1, 0.15) is 5.82 Å². The van der Waals surface area contributed by atoms with E-state index in [1.807, 2.05) is 13.8 Å². The third-order valence-corrected chi connectivity index (χ3v) is 3.82. The molecule has 7 heteroatoms. The molecule has 21 heavy (non-hydrogen) atoms. The summed E-state index contributed by atoms with van der Waals surface area (Å²) in [5.74, 6) is -1.44. The van der Waals surface area contributed by atoms with Gasteiger partial charge in [-0.2, -0.15) is 0 Å². The number of nitro benzene ring substituents is 1. The Hall–Kier alpha value is -2.02. The molecule has 1 amide bonds. The monoisotopic (exact) mass is 297 g/mol. The first-order chi connectivity index (χ1) is 9.80. The fourth-order valence-corrected chi connectivity index (χ4v) is 2.10. The number of rotatable bonds is 6. The molecular formula is C14H20FN3O3. The van der Waals surface area contributed by atoms with Crippen LogP contribution in [0.1, 0.15) is 42.6 Å². The lowest BCUT2D eigenvalue weighted by molar-refractivity contribution is -0.385. The molecule has 0 heterocycles. The highest BCUT2D eigenvalue weighted by Gasteiger charge is 2.29. The van der Waals surface area contributed by atoms with Crippen molar-refractivity contribution in [3.05, 3.63) is 39.2 Å². The van der Waals surface area contributed by atoms with Gasteiger partial charge in [-0.1, -0.05) is 13.8 Å². The van der Waals surface area contributed by atoms with E-state index >= 15 is 0 Å². The van der Waals surface area contributed by atoms with Gasteiger partial charge in [0.05, 0.1) is 16.0 Å². The third-order valence-electron chi connectivity index (χ3n) is 3.82. The molecule has 1 rings (SSSR count). The van der Waals surface area contributed by atoms with Gasteiger partial charge in [-0.05, 0) is 25.3 Å². The SMILES string of the molecule is CCC(CC)(CN)NC(=O)c1cc([N+](=O)[O-])cc(C)c1F. The summed E-state index contributed by atoms with van der Waals surface area (Å²) in [6.45, 7) is 5.33. The molecule has 0 saturated carbocycles. The number of nitro groups is 1. The van der Waals surface area contributed by atoms with Gasteiger partial charge in [-0.15, -0.1) is 0 Å². The second kappa shape index (κ2) is 6.62. The molecule has 0 saturated heterocycles. The Morgan fingerprint density at radius 3 is 2.43 bits per heavy atom. The predicted octanol–water partition coefficient (Wildman–Crippen LogP) is 2.29. The van der Waals surface area contributed by atoms with Gasteiger partial charge in [-0.25, -0.2) is 4.39 Å². The molecule has 0 aromatic heterocycles. The summed E-state index contributed by atoms with van der Waals surface area (Å²) in [5.41, 5.74) is 4.46. The number of amides is 1. The second-order valence-corrected chi connectivity index (χ2v) is 5.03. The van der Waals surface area contributed by atoms with Crippen LogP contribution in [0, 0.1) is 22.9 Å². The van der Waals surface area contributed by atoms with Gasteiger partial charge in [0.25, 0.3) is 11.6 Å². The van der Waals surface area contributed by atoms with Crippen LogP contribution in [0.3, 0.4) is 0 Å². The first-order valence-electron chi connectivity index (χ1n) is 6.77. The number of hydrogen-bond donors (Lipinski definition) is 2. The molecule has 0 aliphatic carbocycles. The highest BCUT2D eigenvalue weighted by molar-refractivity contribution is 5.95. The van der Waals surface area contributed by atoms with E-state index in [0.29, 0.717) is 12.8 Å². The number of carbonyl (C=O) groups excluding carboxylic acids is 1. The number of hydrogen-bond acceptors (Lipinski definition) is 4. The maximum atomic E-state index is 14.1. The quantitative estimate of drug-likeness (QED) is 0.621. The number of nitrogens with one attached hydrogen (secondary N) is 1. The molecule has 0 aliphatic heterocycles. The lowest BCUT2D eigenvalue weighted by Crippen LogP contribution is -2.53. The van der Waals surface area contributed by atoms with Crippen LogP contribution >= 0.6 is 0 Å².